The molecule has 5 heteroatoms. The van der Waals surface area contributed by atoms with E-state index in [1.54, 1.807) is 11.8 Å². The van der Waals surface area contributed by atoms with Crippen molar-refractivity contribution in [2.24, 2.45) is 5.92 Å². The minimum atomic E-state index is -0.431. The third-order valence-electron chi connectivity index (χ3n) is 5.10. The third kappa shape index (κ3) is 6.00. The normalized spacial score (nSPS) is 16.3. The lowest BCUT2D eigenvalue weighted by Crippen LogP contribution is -2.39. The van der Waals surface area contributed by atoms with Gasteiger partial charge in [0.1, 0.15) is 0 Å². The van der Waals surface area contributed by atoms with Gasteiger partial charge in [-0.25, -0.2) is 0 Å². The molecule has 1 fully saturated rings. The molecule has 27 heavy (non-hydrogen) atoms. The van der Waals surface area contributed by atoms with Crippen LogP contribution in [0.2, 0.25) is 5.02 Å². The molecule has 0 spiro atoms. The van der Waals surface area contributed by atoms with Gasteiger partial charge in [-0.15, -0.1) is 11.8 Å². The summed E-state index contributed by atoms with van der Waals surface area (Å²) in [6, 6.07) is 17.6. The molecule has 1 N–H and O–H groups in total. The number of hydrogen-bond donors (Lipinski definition) is 1. The number of carbonyl (C=O) groups excluding carboxylic acids is 1. The van der Waals surface area contributed by atoms with Gasteiger partial charge in [-0.2, -0.15) is 0 Å². The number of likely N-dealkylation sites (tertiary alicyclic amines) is 1. The van der Waals surface area contributed by atoms with Crippen molar-refractivity contribution in [1.29, 1.82) is 0 Å². The van der Waals surface area contributed by atoms with Crippen molar-refractivity contribution < 1.29 is 9.90 Å². The summed E-state index contributed by atoms with van der Waals surface area (Å²) in [7, 11) is 0. The molecule has 0 radical (unpaired) electrons. The number of amides is 1. The minimum Gasteiger partial charge on any atom is -0.388 e. The summed E-state index contributed by atoms with van der Waals surface area (Å²) in [5.74, 6) is 1.40. The predicted molar refractivity (Wildman–Crippen MR) is 112 cm³/mol. The van der Waals surface area contributed by atoms with Crippen LogP contribution in [0.4, 0.5) is 0 Å². The smallest absolute Gasteiger partial charge is 0.222 e. The van der Waals surface area contributed by atoms with Crippen molar-refractivity contribution in [2.75, 3.05) is 18.8 Å². The van der Waals surface area contributed by atoms with Crippen LogP contribution in [0.15, 0.2) is 59.5 Å². The molecule has 1 atom stereocenters. The standard InChI is InChI=1S/C22H26ClNO2S/c23-19-8-10-20(11-9-19)27-16-4-7-21(25)24-14-12-18(13-15-24)22(26)17-5-2-1-3-6-17/h1-3,5-6,8-11,18,22,26H,4,7,12-16H2. The molecule has 1 unspecified atom stereocenters. The fourth-order valence-electron chi connectivity index (χ4n) is 3.49. The molecule has 1 amide bonds. The molecule has 2 aromatic carbocycles. The quantitative estimate of drug-likeness (QED) is 0.511. The van der Waals surface area contributed by atoms with Crippen molar-refractivity contribution in [1.82, 2.24) is 4.90 Å². The molecule has 1 aliphatic rings. The molecule has 1 aliphatic heterocycles. The van der Waals surface area contributed by atoms with E-state index in [0.29, 0.717) is 6.42 Å². The van der Waals surface area contributed by atoms with Crippen molar-refractivity contribution in [3.05, 3.63) is 65.2 Å². The van der Waals surface area contributed by atoms with Gasteiger partial charge in [-0.1, -0.05) is 41.9 Å². The molecular weight excluding hydrogens is 378 g/mol. The Labute approximate surface area is 170 Å². The molecule has 2 aromatic rings. The van der Waals surface area contributed by atoms with Crippen LogP contribution in [0, 0.1) is 5.92 Å². The number of piperidine rings is 1. The van der Waals surface area contributed by atoms with Gasteiger partial charge in [-0.05, 0) is 60.8 Å². The van der Waals surface area contributed by atoms with Crippen molar-refractivity contribution in [3.8, 4) is 0 Å². The van der Waals surface area contributed by atoms with Gasteiger partial charge in [-0.3, -0.25) is 4.79 Å². The first-order chi connectivity index (χ1) is 13.1. The topological polar surface area (TPSA) is 40.5 Å². The van der Waals surface area contributed by atoms with E-state index < -0.39 is 6.10 Å². The minimum absolute atomic E-state index is 0.233. The Morgan fingerprint density at radius 3 is 2.44 bits per heavy atom. The fraction of sp³-hybridized carbons (Fsp3) is 0.409. The zero-order chi connectivity index (χ0) is 19.1. The molecule has 144 valence electrons. The Bertz CT molecular complexity index is 715. The molecule has 3 nitrogen and oxygen atoms in total. The highest BCUT2D eigenvalue weighted by molar-refractivity contribution is 7.99. The first-order valence-electron chi connectivity index (χ1n) is 9.52. The molecule has 0 aliphatic carbocycles. The van der Waals surface area contributed by atoms with Gasteiger partial charge < -0.3 is 10.0 Å². The van der Waals surface area contributed by atoms with E-state index in [0.717, 1.165) is 48.7 Å². The zero-order valence-electron chi connectivity index (χ0n) is 15.4. The molecule has 3 rings (SSSR count). The Hall–Kier alpha value is -1.49. The van der Waals surface area contributed by atoms with Crippen LogP contribution < -0.4 is 0 Å². The summed E-state index contributed by atoms with van der Waals surface area (Å²) in [5, 5.41) is 11.3. The van der Waals surface area contributed by atoms with Gasteiger partial charge in [0.25, 0.3) is 0 Å². The number of aliphatic hydroxyl groups excluding tert-OH is 1. The van der Waals surface area contributed by atoms with E-state index in [-0.39, 0.29) is 11.8 Å². The van der Waals surface area contributed by atoms with Gasteiger partial charge >= 0.3 is 0 Å². The summed E-state index contributed by atoms with van der Waals surface area (Å²) < 4.78 is 0. The summed E-state index contributed by atoms with van der Waals surface area (Å²) in [6.07, 6.45) is 2.76. The summed E-state index contributed by atoms with van der Waals surface area (Å²) in [5.41, 5.74) is 0.974. The van der Waals surface area contributed by atoms with Crippen LogP contribution in [0.25, 0.3) is 0 Å². The Balaban J connectivity index is 1.36. The average molecular weight is 404 g/mol. The number of rotatable bonds is 7. The van der Waals surface area contributed by atoms with Gasteiger partial charge in [0.05, 0.1) is 6.10 Å². The summed E-state index contributed by atoms with van der Waals surface area (Å²) in [4.78, 5) is 15.6. The monoisotopic (exact) mass is 403 g/mol. The lowest BCUT2D eigenvalue weighted by atomic mass is 9.87. The van der Waals surface area contributed by atoms with Crippen LogP contribution in [-0.4, -0.2) is 34.8 Å². The number of aliphatic hydroxyl groups is 1. The van der Waals surface area contributed by atoms with Crippen molar-refractivity contribution in [2.45, 2.75) is 36.7 Å². The van der Waals surface area contributed by atoms with Crippen LogP contribution in [0.3, 0.4) is 0 Å². The van der Waals surface area contributed by atoms with E-state index in [9.17, 15) is 9.90 Å². The number of hydrogen-bond acceptors (Lipinski definition) is 3. The second-order valence-electron chi connectivity index (χ2n) is 6.98. The number of halogens is 1. The summed E-state index contributed by atoms with van der Waals surface area (Å²) >= 11 is 7.65. The Morgan fingerprint density at radius 1 is 1.11 bits per heavy atom. The van der Waals surface area contributed by atoms with Crippen LogP contribution in [0.5, 0.6) is 0 Å². The van der Waals surface area contributed by atoms with Gasteiger partial charge in [0.2, 0.25) is 5.91 Å². The molecule has 0 saturated carbocycles. The SMILES string of the molecule is O=C(CCCSc1ccc(Cl)cc1)N1CCC(C(O)c2ccccc2)CC1. The first-order valence-corrected chi connectivity index (χ1v) is 10.9. The van der Waals surface area contributed by atoms with E-state index >= 15 is 0 Å². The second kappa shape index (κ2) is 10.2. The van der Waals surface area contributed by atoms with E-state index in [2.05, 4.69) is 0 Å². The van der Waals surface area contributed by atoms with Crippen molar-refractivity contribution in [3.63, 3.8) is 0 Å². The van der Waals surface area contributed by atoms with Gasteiger partial charge in [0.15, 0.2) is 0 Å². The van der Waals surface area contributed by atoms with E-state index in [1.807, 2.05) is 59.5 Å². The van der Waals surface area contributed by atoms with Gasteiger partial charge in [0, 0.05) is 29.4 Å². The summed E-state index contributed by atoms with van der Waals surface area (Å²) in [6.45, 7) is 1.50. The van der Waals surface area contributed by atoms with E-state index in [1.165, 1.54) is 4.90 Å². The molecule has 1 heterocycles. The maximum atomic E-state index is 12.4. The van der Waals surface area contributed by atoms with E-state index in [4.69, 9.17) is 11.6 Å². The Kier molecular flexibility index (Phi) is 7.62. The lowest BCUT2D eigenvalue weighted by Gasteiger charge is -2.34. The predicted octanol–water partition coefficient (Wildman–Crippen LogP) is 5.18. The lowest BCUT2D eigenvalue weighted by molar-refractivity contribution is -0.133. The first kappa shape index (κ1) is 20.2. The molecule has 1 saturated heterocycles. The number of thioether (sulfide) groups is 1. The maximum Gasteiger partial charge on any atom is 0.222 e. The second-order valence-corrected chi connectivity index (χ2v) is 8.58. The van der Waals surface area contributed by atoms with Crippen molar-refractivity contribution >= 4 is 29.3 Å². The average Bonchev–Trinajstić information content (AvgIpc) is 2.72. The van der Waals surface area contributed by atoms with Crippen LogP contribution >= 0.6 is 23.4 Å². The Morgan fingerprint density at radius 2 is 1.78 bits per heavy atom. The molecule has 0 bridgehead atoms. The zero-order valence-corrected chi connectivity index (χ0v) is 17.0. The largest absolute Gasteiger partial charge is 0.388 e. The number of nitrogens with zero attached hydrogens (tertiary/aromatic N) is 1. The number of benzene rings is 2. The maximum absolute atomic E-state index is 12.4. The fourth-order valence-corrected chi connectivity index (χ4v) is 4.47. The van der Waals surface area contributed by atoms with Crippen LogP contribution in [-0.2, 0) is 4.79 Å². The highest BCUT2D eigenvalue weighted by Crippen LogP contribution is 2.31. The highest BCUT2D eigenvalue weighted by atomic mass is 35.5. The highest BCUT2D eigenvalue weighted by Gasteiger charge is 2.27. The number of carbonyl (C=O) groups is 1. The molecular formula is C22H26ClNO2S. The third-order valence-corrected chi connectivity index (χ3v) is 6.45. The molecule has 0 aromatic heterocycles. The van der Waals surface area contributed by atoms with Crippen LogP contribution in [0.1, 0.15) is 37.4 Å².